The van der Waals surface area contributed by atoms with Crippen molar-refractivity contribution < 1.29 is 19.1 Å². The zero-order chi connectivity index (χ0) is 18.9. The number of hydrazine groups is 1. The molecule has 0 radical (unpaired) electrons. The molecule has 2 aromatic rings. The third-order valence-corrected chi connectivity index (χ3v) is 4.05. The van der Waals surface area contributed by atoms with E-state index >= 15 is 0 Å². The van der Waals surface area contributed by atoms with E-state index in [0.717, 1.165) is 4.90 Å². The number of thioether (sulfide) groups is 1. The van der Waals surface area contributed by atoms with Gasteiger partial charge in [0.1, 0.15) is 11.5 Å². The summed E-state index contributed by atoms with van der Waals surface area (Å²) >= 11 is 1.53. The zero-order valence-electron chi connectivity index (χ0n) is 14.2. The number of ether oxygens (including phenoxy) is 2. The molecule has 0 fully saturated rings. The lowest BCUT2D eigenvalue weighted by atomic mass is 10.2. The van der Waals surface area contributed by atoms with Gasteiger partial charge < -0.3 is 9.47 Å². The lowest BCUT2D eigenvalue weighted by molar-refractivity contribution is -0.123. The van der Waals surface area contributed by atoms with Crippen LogP contribution in [0.25, 0.3) is 0 Å². The summed E-state index contributed by atoms with van der Waals surface area (Å²) in [6.45, 7) is -0.283. The number of nitrogens with one attached hydrogen (secondary N) is 2. The molecule has 0 aliphatic heterocycles. The van der Waals surface area contributed by atoms with E-state index in [1.165, 1.54) is 18.9 Å². The van der Waals surface area contributed by atoms with Crippen molar-refractivity contribution in [1.29, 1.82) is 5.26 Å². The molecule has 0 saturated carbocycles. The molecule has 0 heterocycles. The minimum absolute atomic E-state index is 0.283. The van der Waals surface area contributed by atoms with Crippen molar-refractivity contribution >= 4 is 23.6 Å². The van der Waals surface area contributed by atoms with Gasteiger partial charge in [-0.25, -0.2) is 0 Å². The van der Waals surface area contributed by atoms with Crippen LogP contribution in [0.15, 0.2) is 47.4 Å². The van der Waals surface area contributed by atoms with Crippen LogP contribution in [-0.4, -0.2) is 31.8 Å². The molecule has 0 bridgehead atoms. The van der Waals surface area contributed by atoms with Crippen LogP contribution in [0, 0.1) is 11.3 Å². The monoisotopic (exact) mass is 371 g/mol. The molecule has 2 aromatic carbocycles. The van der Waals surface area contributed by atoms with E-state index in [4.69, 9.17) is 14.7 Å². The second-order valence-electron chi connectivity index (χ2n) is 4.99. The van der Waals surface area contributed by atoms with Gasteiger partial charge in [-0.1, -0.05) is 0 Å². The second-order valence-corrected chi connectivity index (χ2v) is 5.87. The van der Waals surface area contributed by atoms with Gasteiger partial charge in [-0.2, -0.15) is 5.26 Å². The lowest BCUT2D eigenvalue weighted by Gasteiger charge is -2.11. The molecule has 134 valence electrons. The van der Waals surface area contributed by atoms with Gasteiger partial charge in [-0.15, -0.1) is 11.8 Å². The summed E-state index contributed by atoms with van der Waals surface area (Å²) in [5, 5.41) is 8.72. The smallest absolute Gasteiger partial charge is 0.276 e. The zero-order valence-corrected chi connectivity index (χ0v) is 15.1. The van der Waals surface area contributed by atoms with E-state index in [0.29, 0.717) is 22.6 Å². The average molecular weight is 371 g/mol. The molecule has 26 heavy (non-hydrogen) atoms. The van der Waals surface area contributed by atoms with Crippen molar-refractivity contribution in [2.75, 3.05) is 20.0 Å². The highest BCUT2D eigenvalue weighted by molar-refractivity contribution is 7.98. The number of methoxy groups -OCH3 is 1. The van der Waals surface area contributed by atoms with Crippen LogP contribution < -0.4 is 20.3 Å². The summed E-state index contributed by atoms with van der Waals surface area (Å²) in [6, 6.07) is 13.5. The van der Waals surface area contributed by atoms with E-state index in [1.54, 1.807) is 42.5 Å². The lowest BCUT2D eigenvalue weighted by Crippen LogP contribution is -2.43. The highest BCUT2D eigenvalue weighted by Gasteiger charge is 2.14. The largest absolute Gasteiger partial charge is 0.496 e. The Kier molecular flexibility index (Phi) is 6.88. The molecule has 2 amide bonds. The molecule has 0 saturated heterocycles. The van der Waals surface area contributed by atoms with Crippen molar-refractivity contribution in [2.24, 2.45) is 0 Å². The van der Waals surface area contributed by atoms with Gasteiger partial charge in [0.15, 0.2) is 6.61 Å². The van der Waals surface area contributed by atoms with Crippen LogP contribution >= 0.6 is 11.8 Å². The molecule has 0 aliphatic carbocycles. The summed E-state index contributed by atoms with van der Waals surface area (Å²) < 4.78 is 10.5. The SMILES string of the molecule is COc1cc(SC)ccc1C(=O)NNC(=O)COc1ccc(C#N)cc1. The van der Waals surface area contributed by atoms with E-state index in [2.05, 4.69) is 10.9 Å². The van der Waals surface area contributed by atoms with E-state index in [1.807, 2.05) is 12.3 Å². The Bertz CT molecular complexity index is 831. The number of carbonyl (C=O) groups is 2. The van der Waals surface area contributed by atoms with Crippen molar-refractivity contribution in [2.45, 2.75) is 4.90 Å². The van der Waals surface area contributed by atoms with Gasteiger partial charge in [0.25, 0.3) is 11.8 Å². The fraction of sp³-hybridized carbons (Fsp3) is 0.167. The maximum atomic E-state index is 12.2. The van der Waals surface area contributed by atoms with E-state index < -0.39 is 11.8 Å². The first-order chi connectivity index (χ1) is 12.6. The minimum atomic E-state index is -0.526. The number of rotatable bonds is 6. The Labute approximate surface area is 155 Å². The van der Waals surface area contributed by atoms with E-state index in [9.17, 15) is 9.59 Å². The quantitative estimate of drug-likeness (QED) is 0.596. The van der Waals surface area contributed by atoms with Gasteiger partial charge in [-0.05, 0) is 48.7 Å². The maximum absolute atomic E-state index is 12.2. The average Bonchev–Trinajstić information content (AvgIpc) is 2.70. The maximum Gasteiger partial charge on any atom is 0.276 e. The Hall–Kier alpha value is -3.18. The number of nitriles is 1. The first-order valence-corrected chi connectivity index (χ1v) is 8.74. The number of nitrogens with zero attached hydrogens (tertiary/aromatic N) is 1. The van der Waals surface area contributed by atoms with Crippen molar-refractivity contribution in [3.8, 4) is 17.6 Å². The molecule has 8 heteroatoms. The summed E-state index contributed by atoms with van der Waals surface area (Å²) in [5.74, 6) is -0.166. The Morgan fingerprint density at radius 2 is 1.88 bits per heavy atom. The topological polar surface area (TPSA) is 100 Å². The summed E-state index contributed by atoms with van der Waals surface area (Å²) in [4.78, 5) is 24.9. The number of hydrogen-bond donors (Lipinski definition) is 2. The van der Waals surface area contributed by atoms with Gasteiger partial charge >= 0.3 is 0 Å². The van der Waals surface area contributed by atoms with Gasteiger partial charge in [-0.3, -0.25) is 20.4 Å². The first kappa shape index (κ1) is 19.1. The molecule has 2 N–H and O–H groups in total. The van der Waals surface area contributed by atoms with Gasteiger partial charge in [0.05, 0.1) is 24.3 Å². The molecule has 7 nitrogen and oxygen atoms in total. The highest BCUT2D eigenvalue weighted by atomic mass is 32.2. The Morgan fingerprint density at radius 3 is 2.50 bits per heavy atom. The van der Waals surface area contributed by atoms with E-state index in [-0.39, 0.29) is 6.61 Å². The van der Waals surface area contributed by atoms with Crippen LogP contribution in [0.5, 0.6) is 11.5 Å². The van der Waals surface area contributed by atoms with Crippen LogP contribution in [0.4, 0.5) is 0 Å². The summed E-state index contributed by atoms with van der Waals surface area (Å²) in [6.07, 6.45) is 1.92. The second kappa shape index (κ2) is 9.34. The summed E-state index contributed by atoms with van der Waals surface area (Å²) in [7, 11) is 1.47. The number of amides is 2. The normalized spacial score (nSPS) is 9.73. The molecule has 0 unspecified atom stereocenters. The highest BCUT2D eigenvalue weighted by Crippen LogP contribution is 2.25. The molecule has 0 aliphatic rings. The predicted molar refractivity (Wildman–Crippen MR) is 97.0 cm³/mol. The van der Waals surface area contributed by atoms with Crippen LogP contribution in [-0.2, 0) is 4.79 Å². The van der Waals surface area contributed by atoms with Gasteiger partial charge in [0, 0.05) is 4.90 Å². The van der Waals surface area contributed by atoms with Crippen LogP contribution in [0.2, 0.25) is 0 Å². The van der Waals surface area contributed by atoms with Crippen LogP contribution in [0.3, 0.4) is 0 Å². The minimum Gasteiger partial charge on any atom is -0.496 e. The third-order valence-electron chi connectivity index (χ3n) is 3.32. The van der Waals surface area contributed by atoms with Crippen molar-refractivity contribution in [3.63, 3.8) is 0 Å². The summed E-state index contributed by atoms with van der Waals surface area (Å²) in [5.41, 5.74) is 5.39. The van der Waals surface area contributed by atoms with Crippen molar-refractivity contribution in [1.82, 2.24) is 10.9 Å². The molecule has 2 rings (SSSR count). The van der Waals surface area contributed by atoms with Crippen molar-refractivity contribution in [3.05, 3.63) is 53.6 Å². The molecular weight excluding hydrogens is 354 g/mol. The number of benzene rings is 2. The predicted octanol–water partition coefficient (Wildman–Crippen LogP) is 2.13. The third kappa shape index (κ3) is 5.16. The standard InChI is InChI=1S/C18H17N3O4S/c1-24-16-9-14(26-2)7-8-15(16)18(23)21-20-17(22)11-25-13-5-3-12(10-19)4-6-13/h3-9H,11H2,1-2H3,(H,20,22)(H,21,23). The molecule has 0 spiro atoms. The number of carbonyl (C=O) groups excluding carboxylic acids is 2. The first-order valence-electron chi connectivity index (χ1n) is 7.51. The van der Waals surface area contributed by atoms with Gasteiger partial charge in [0.2, 0.25) is 0 Å². The fourth-order valence-corrected chi connectivity index (χ4v) is 2.42. The fourth-order valence-electron chi connectivity index (χ4n) is 1.99. The molecule has 0 atom stereocenters. The molecular formula is C18H17N3O4S. The number of hydrogen-bond acceptors (Lipinski definition) is 6. The Morgan fingerprint density at radius 1 is 1.15 bits per heavy atom. The molecule has 0 aromatic heterocycles. The van der Waals surface area contributed by atoms with Crippen LogP contribution in [0.1, 0.15) is 15.9 Å². The Balaban J connectivity index is 1.86.